The van der Waals surface area contributed by atoms with Gasteiger partial charge in [-0.2, -0.15) is 0 Å². The molecule has 0 spiro atoms. The zero-order valence-corrected chi connectivity index (χ0v) is 51.8. The Morgan fingerprint density at radius 2 is 0.731 bits per heavy atom. The van der Waals surface area contributed by atoms with Gasteiger partial charge in [0.15, 0.2) is 6.10 Å². The normalized spacial score (nSPS) is 14.0. The first-order valence-corrected chi connectivity index (χ1v) is 33.1. The number of phosphoric ester groups is 1. The Kier molecular flexibility index (Phi) is 55.8. The van der Waals surface area contributed by atoms with Gasteiger partial charge in [-0.15, -0.1) is 0 Å². The first kappa shape index (κ1) is 74.7. The number of hydrogen-bond acceptors (Lipinski definition) is 7. The Hall–Kier alpha value is -3.33. The number of carbonyl (C=O) groups is 2. The van der Waals surface area contributed by atoms with E-state index in [-0.39, 0.29) is 32.0 Å². The summed E-state index contributed by atoms with van der Waals surface area (Å²) in [5, 5.41) is 0. The number of carbonyl (C=O) groups excluding carboxylic acids is 2. The van der Waals surface area contributed by atoms with Gasteiger partial charge in [-0.25, -0.2) is 4.57 Å². The van der Waals surface area contributed by atoms with Crippen LogP contribution >= 0.6 is 7.82 Å². The number of phosphoric acid groups is 1. The first-order valence-electron chi connectivity index (χ1n) is 31.6. The number of ether oxygens (including phenoxy) is 2. The molecule has 0 aliphatic heterocycles. The van der Waals surface area contributed by atoms with Gasteiger partial charge in [0.1, 0.15) is 19.8 Å². The Labute approximate surface area is 480 Å². The van der Waals surface area contributed by atoms with Crippen molar-refractivity contribution in [2.24, 2.45) is 0 Å². The third kappa shape index (κ3) is 61.9. The zero-order valence-electron chi connectivity index (χ0n) is 50.9. The van der Waals surface area contributed by atoms with E-state index in [0.29, 0.717) is 17.4 Å². The van der Waals surface area contributed by atoms with Crippen molar-refractivity contribution in [1.82, 2.24) is 0 Å². The van der Waals surface area contributed by atoms with Gasteiger partial charge in [-0.1, -0.05) is 252 Å². The maximum atomic E-state index is 12.9. The van der Waals surface area contributed by atoms with E-state index >= 15 is 0 Å². The van der Waals surface area contributed by atoms with E-state index in [2.05, 4.69) is 123 Å². The molecule has 0 bridgehead atoms. The third-order valence-electron chi connectivity index (χ3n) is 13.3. The van der Waals surface area contributed by atoms with E-state index in [1.165, 1.54) is 122 Å². The van der Waals surface area contributed by atoms with Crippen molar-refractivity contribution in [2.45, 2.75) is 264 Å². The minimum Gasteiger partial charge on any atom is -0.462 e. The summed E-state index contributed by atoms with van der Waals surface area (Å²) in [5.74, 6) is -0.809. The van der Waals surface area contributed by atoms with Crippen molar-refractivity contribution < 1.29 is 42.1 Å². The lowest BCUT2D eigenvalue weighted by atomic mass is 10.0. The summed E-state index contributed by atoms with van der Waals surface area (Å²) >= 11 is 0. The van der Waals surface area contributed by atoms with Crippen LogP contribution in [0.2, 0.25) is 0 Å². The Morgan fingerprint density at radius 1 is 0.410 bits per heavy atom. The van der Waals surface area contributed by atoms with E-state index in [4.69, 9.17) is 18.5 Å². The maximum Gasteiger partial charge on any atom is 0.472 e. The lowest BCUT2D eigenvalue weighted by Crippen LogP contribution is -2.37. The topological polar surface area (TPSA) is 108 Å². The number of quaternary nitrogens is 1. The lowest BCUT2D eigenvalue weighted by Gasteiger charge is -2.24. The van der Waals surface area contributed by atoms with E-state index in [1.807, 2.05) is 21.1 Å². The zero-order chi connectivity index (χ0) is 57.0. The minimum absolute atomic E-state index is 0.0253. The summed E-state index contributed by atoms with van der Waals surface area (Å²) in [4.78, 5) is 35.8. The second-order valence-corrected chi connectivity index (χ2v) is 23.5. The number of unbranched alkanes of at least 4 members (excludes halogenated alkanes) is 25. The molecule has 1 N–H and O–H groups in total. The van der Waals surface area contributed by atoms with Crippen molar-refractivity contribution in [1.29, 1.82) is 0 Å². The van der Waals surface area contributed by atoms with Crippen LogP contribution in [0, 0.1) is 0 Å². The fraction of sp³-hybridized carbons (Fsp3) is 0.706. The summed E-state index contributed by atoms with van der Waals surface area (Å²) in [6.45, 7) is 4.30. The number of rotatable bonds is 57. The summed E-state index contributed by atoms with van der Waals surface area (Å²) in [6, 6.07) is 0. The molecule has 0 aliphatic rings. The predicted octanol–water partition coefficient (Wildman–Crippen LogP) is 20.2. The highest BCUT2D eigenvalue weighted by atomic mass is 31.2. The van der Waals surface area contributed by atoms with Crippen LogP contribution in [0.5, 0.6) is 0 Å². The van der Waals surface area contributed by atoms with Gasteiger partial charge < -0.3 is 18.9 Å². The Balaban J connectivity index is 4.15. The van der Waals surface area contributed by atoms with Gasteiger partial charge in [-0.3, -0.25) is 18.6 Å². The van der Waals surface area contributed by atoms with Crippen LogP contribution in [0.25, 0.3) is 0 Å². The third-order valence-corrected chi connectivity index (χ3v) is 14.3. The summed E-state index contributed by atoms with van der Waals surface area (Å²) in [5.41, 5.74) is 0. The molecule has 0 saturated heterocycles. The van der Waals surface area contributed by atoms with Crippen LogP contribution in [0.15, 0.2) is 109 Å². The van der Waals surface area contributed by atoms with Crippen molar-refractivity contribution in [3.63, 3.8) is 0 Å². The molecule has 0 rings (SSSR count). The Bertz CT molecular complexity index is 1680. The van der Waals surface area contributed by atoms with Gasteiger partial charge in [0, 0.05) is 12.8 Å². The van der Waals surface area contributed by atoms with Crippen molar-refractivity contribution in [3.8, 4) is 0 Å². The van der Waals surface area contributed by atoms with Crippen LogP contribution in [-0.4, -0.2) is 74.9 Å². The first-order chi connectivity index (χ1) is 38.0. The fourth-order valence-electron chi connectivity index (χ4n) is 8.44. The maximum absolute atomic E-state index is 12.9. The fourth-order valence-corrected chi connectivity index (χ4v) is 9.18. The van der Waals surface area contributed by atoms with Crippen molar-refractivity contribution in [2.75, 3.05) is 47.5 Å². The highest BCUT2D eigenvalue weighted by Crippen LogP contribution is 2.43. The van der Waals surface area contributed by atoms with E-state index < -0.39 is 26.5 Å². The highest BCUT2D eigenvalue weighted by molar-refractivity contribution is 7.47. The number of allylic oxidation sites excluding steroid dienone is 18. The molecule has 2 atom stereocenters. The SMILES string of the molecule is CC/C=C\C/C=C\C/C=C\C/C=C\C/C=C\C/C=C\CCCCCCCCCCCCCCC(=O)OC(COC(=O)CCCCCCCCCC/C=C\C/C=C\C/C=C\CCCCCCC)COP(=O)(O)OCC[N+](C)(C)C. The van der Waals surface area contributed by atoms with E-state index in [0.717, 1.165) is 103 Å². The van der Waals surface area contributed by atoms with Gasteiger partial charge in [-0.05, 0) is 103 Å². The second kappa shape index (κ2) is 58.3. The van der Waals surface area contributed by atoms with Crippen LogP contribution in [0.4, 0.5) is 0 Å². The molecule has 0 saturated carbocycles. The molecule has 10 heteroatoms. The van der Waals surface area contributed by atoms with Crippen LogP contribution in [0.3, 0.4) is 0 Å². The number of nitrogens with zero attached hydrogens (tertiary/aromatic N) is 1. The minimum atomic E-state index is -4.40. The average molecular weight is 1110 g/mol. The lowest BCUT2D eigenvalue weighted by molar-refractivity contribution is -0.870. The Morgan fingerprint density at radius 3 is 1.09 bits per heavy atom. The molecular weight excluding hydrogens is 990 g/mol. The molecule has 78 heavy (non-hydrogen) atoms. The molecule has 0 aromatic carbocycles. The largest absolute Gasteiger partial charge is 0.472 e. The molecule has 0 aromatic rings. The summed E-state index contributed by atoms with van der Waals surface area (Å²) in [6.07, 6.45) is 81.6. The van der Waals surface area contributed by atoms with Gasteiger partial charge in [0.05, 0.1) is 27.7 Å². The second-order valence-electron chi connectivity index (χ2n) is 22.1. The smallest absolute Gasteiger partial charge is 0.462 e. The van der Waals surface area contributed by atoms with Crippen molar-refractivity contribution in [3.05, 3.63) is 109 Å². The van der Waals surface area contributed by atoms with E-state index in [9.17, 15) is 19.0 Å². The van der Waals surface area contributed by atoms with Crippen molar-refractivity contribution >= 4 is 19.8 Å². The molecule has 0 amide bonds. The molecule has 0 fully saturated rings. The average Bonchev–Trinajstić information content (AvgIpc) is 3.40. The molecule has 0 heterocycles. The monoisotopic (exact) mass is 1110 g/mol. The summed E-state index contributed by atoms with van der Waals surface area (Å²) in [7, 11) is 1.46. The predicted molar refractivity (Wildman–Crippen MR) is 335 cm³/mol. The van der Waals surface area contributed by atoms with Gasteiger partial charge in [0.25, 0.3) is 0 Å². The van der Waals surface area contributed by atoms with Gasteiger partial charge >= 0.3 is 19.8 Å². The quantitative estimate of drug-likeness (QED) is 0.0211. The summed E-state index contributed by atoms with van der Waals surface area (Å²) < 4.78 is 34.6. The van der Waals surface area contributed by atoms with E-state index in [1.54, 1.807) is 0 Å². The molecular formula is C68H119NO8P+. The molecule has 2 unspecified atom stereocenters. The number of esters is 2. The van der Waals surface area contributed by atoms with Gasteiger partial charge in [0.2, 0.25) is 0 Å². The van der Waals surface area contributed by atoms with Crippen LogP contribution in [0.1, 0.15) is 258 Å². The highest BCUT2D eigenvalue weighted by Gasteiger charge is 2.27. The van der Waals surface area contributed by atoms with Crippen LogP contribution < -0.4 is 0 Å². The molecule has 0 radical (unpaired) electrons. The molecule has 0 aliphatic carbocycles. The number of hydrogen-bond donors (Lipinski definition) is 1. The molecule has 9 nitrogen and oxygen atoms in total. The molecule has 0 aromatic heterocycles. The van der Waals surface area contributed by atoms with Crippen LogP contribution in [-0.2, 0) is 32.7 Å². The molecule has 448 valence electrons. The number of likely N-dealkylation sites (N-methyl/N-ethyl adjacent to an activating group) is 1. The standard InChI is InChI=1S/C68H118NO8P/c1-6-8-10-12-14-16-18-20-22-24-26-28-30-31-32-33-34-35-36-37-39-41-43-45-47-49-51-53-55-57-59-61-68(71)77-66(65-76-78(72,73)75-63-62-69(3,4)5)64-74-67(70)60-58-56-54-52-50-48-46-44-42-40-38-29-27-25-23-21-19-17-15-13-11-9-7-2/h8,10,14,16,19-22,25-28,31-32,34-35,38,40,66H,6-7,9,11-13,15,17-18,23-24,29-30,33,36-37,39,41-65H2,1-5H3/p+1/b10-8-,16-14-,21-19-,22-20-,27-25-,28-26-,32-31-,35-34-,40-38-.